The normalized spacial score (nSPS) is 11.6. The van der Waals surface area contributed by atoms with Crippen LogP contribution in [0.4, 0.5) is 5.69 Å². The van der Waals surface area contributed by atoms with Gasteiger partial charge in [-0.1, -0.05) is 36.4 Å². The van der Waals surface area contributed by atoms with Gasteiger partial charge in [0.25, 0.3) is 5.91 Å². The Labute approximate surface area is 130 Å². The molecule has 0 radical (unpaired) electrons. The molecule has 0 bridgehead atoms. The van der Waals surface area contributed by atoms with Gasteiger partial charge in [0.15, 0.2) is 0 Å². The zero-order valence-corrected chi connectivity index (χ0v) is 13.0. The molecule has 0 aliphatic carbocycles. The zero-order valence-electron chi connectivity index (χ0n) is 13.0. The van der Waals surface area contributed by atoms with E-state index in [1.54, 1.807) is 36.2 Å². The first-order chi connectivity index (χ1) is 10.5. The van der Waals surface area contributed by atoms with Crippen LogP contribution in [0.2, 0.25) is 0 Å². The number of nitrogens with one attached hydrogen (secondary N) is 1. The average molecular weight is 296 g/mol. The summed E-state index contributed by atoms with van der Waals surface area (Å²) in [5.41, 5.74) is 2.26. The van der Waals surface area contributed by atoms with Crippen molar-refractivity contribution in [2.75, 3.05) is 12.4 Å². The van der Waals surface area contributed by atoms with E-state index in [0.29, 0.717) is 11.3 Å². The van der Waals surface area contributed by atoms with Gasteiger partial charge in [-0.25, -0.2) is 0 Å². The second-order valence-electron chi connectivity index (χ2n) is 5.26. The number of benzene rings is 2. The van der Waals surface area contributed by atoms with Crippen LogP contribution < -0.4 is 5.32 Å². The molecule has 0 aliphatic heterocycles. The van der Waals surface area contributed by atoms with E-state index < -0.39 is 0 Å². The highest BCUT2D eigenvalue weighted by Gasteiger charge is 2.19. The third-order valence-corrected chi connectivity index (χ3v) is 3.61. The van der Waals surface area contributed by atoms with Crippen molar-refractivity contribution >= 4 is 17.5 Å². The zero-order chi connectivity index (χ0) is 16.1. The van der Waals surface area contributed by atoms with Crippen LogP contribution in [0.3, 0.4) is 0 Å². The lowest BCUT2D eigenvalue weighted by atomic mass is 10.1. The van der Waals surface area contributed by atoms with Gasteiger partial charge in [-0.3, -0.25) is 9.59 Å². The number of rotatable bonds is 4. The van der Waals surface area contributed by atoms with Crippen molar-refractivity contribution in [1.29, 1.82) is 0 Å². The summed E-state index contributed by atoms with van der Waals surface area (Å²) >= 11 is 0. The van der Waals surface area contributed by atoms with Gasteiger partial charge < -0.3 is 10.2 Å². The molecular formula is C18H20N2O2. The standard InChI is InChI=1S/C18H20N2O2/c1-13(15-8-5-4-6-9-15)20(3)18(22)16-10-7-11-17(12-16)19-14(2)21/h4-13H,1-3H3,(H,19,21). The molecule has 0 fully saturated rings. The third kappa shape index (κ3) is 3.73. The van der Waals surface area contributed by atoms with E-state index >= 15 is 0 Å². The highest BCUT2D eigenvalue weighted by atomic mass is 16.2. The van der Waals surface area contributed by atoms with Crippen LogP contribution in [0.25, 0.3) is 0 Å². The Morgan fingerprint density at radius 3 is 2.36 bits per heavy atom. The minimum Gasteiger partial charge on any atom is -0.335 e. The molecule has 0 aromatic heterocycles. The Morgan fingerprint density at radius 1 is 1.05 bits per heavy atom. The number of carbonyl (C=O) groups excluding carboxylic acids is 2. The van der Waals surface area contributed by atoms with Crippen molar-refractivity contribution in [1.82, 2.24) is 4.90 Å². The van der Waals surface area contributed by atoms with Crippen LogP contribution in [0.5, 0.6) is 0 Å². The predicted molar refractivity (Wildman–Crippen MR) is 87.7 cm³/mol. The van der Waals surface area contributed by atoms with E-state index in [2.05, 4.69) is 5.32 Å². The van der Waals surface area contributed by atoms with E-state index in [1.165, 1.54) is 6.92 Å². The summed E-state index contributed by atoms with van der Waals surface area (Å²) in [5.74, 6) is -0.237. The first kappa shape index (κ1) is 15.8. The molecule has 4 heteroatoms. The maximum absolute atomic E-state index is 12.6. The molecule has 0 saturated heterocycles. The summed E-state index contributed by atoms with van der Waals surface area (Å²) < 4.78 is 0. The smallest absolute Gasteiger partial charge is 0.254 e. The molecule has 0 spiro atoms. The van der Waals surface area contributed by atoms with Crippen molar-refractivity contribution < 1.29 is 9.59 Å². The topological polar surface area (TPSA) is 49.4 Å². The third-order valence-electron chi connectivity index (χ3n) is 3.61. The Morgan fingerprint density at radius 2 is 1.73 bits per heavy atom. The van der Waals surface area contributed by atoms with Crippen molar-refractivity contribution in [3.05, 3.63) is 65.7 Å². The van der Waals surface area contributed by atoms with E-state index in [0.717, 1.165) is 5.56 Å². The lowest BCUT2D eigenvalue weighted by Gasteiger charge is -2.25. The molecule has 2 rings (SSSR count). The van der Waals surface area contributed by atoms with Crippen molar-refractivity contribution in [3.63, 3.8) is 0 Å². The molecular weight excluding hydrogens is 276 g/mol. The van der Waals surface area contributed by atoms with E-state index in [1.807, 2.05) is 37.3 Å². The van der Waals surface area contributed by atoms with Crippen molar-refractivity contribution in [2.45, 2.75) is 19.9 Å². The molecule has 114 valence electrons. The van der Waals surface area contributed by atoms with Gasteiger partial charge in [-0.05, 0) is 30.7 Å². The first-order valence-corrected chi connectivity index (χ1v) is 7.19. The van der Waals surface area contributed by atoms with Gasteiger partial charge in [-0.2, -0.15) is 0 Å². The Hall–Kier alpha value is -2.62. The lowest BCUT2D eigenvalue weighted by molar-refractivity contribution is -0.114. The number of hydrogen-bond donors (Lipinski definition) is 1. The molecule has 2 aromatic carbocycles. The van der Waals surface area contributed by atoms with Crippen LogP contribution in [0.1, 0.15) is 35.8 Å². The van der Waals surface area contributed by atoms with Crippen LogP contribution in [-0.2, 0) is 4.79 Å². The van der Waals surface area contributed by atoms with Gasteiger partial charge >= 0.3 is 0 Å². The first-order valence-electron chi connectivity index (χ1n) is 7.19. The fraction of sp³-hybridized carbons (Fsp3) is 0.222. The summed E-state index contributed by atoms with van der Waals surface area (Å²) in [4.78, 5) is 25.4. The molecule has 0 saturated carbocycles. The summed E-state index contributed by atoms with van der Waals surface area (Å²) in [6.45, 7) is 3.43. The van der Waals surface area contributed by atoms with Crippen molar-refractivity contribution in [3.8, 4) is 0 Å². The summed E-state index contributed by atoms with van der Waals surface area (Å²) in [7, 11) is 1.78. The van der Waals surface area contributed by atoms with E-state index in [9.17, 15) is 9.59 Å². The number of anilines is 1. The van der Waals surface area contributed by atoms with Crippen LogP contribution in [0.15, 0.2) is 54.6 Å². The largest absolute Gasteiger partial charge is 0.335 e. The molecule has 22 heavy (non-hydrogen) atoms. The number of hydrogen-bond acceptors (Lipinski definition) is 2. The Bertz CT molecular complexity index is 668. The van der Waals surface area contributed by atoms with Crippen molar-refractivity contribution in [2.24, 2.45) is 0 Å². The average Bonchev–Trinajstić information content (AvgIpc) is 2.53. The molecule has 4 nitrogen and oxygen atoms in total. The lowest BCUT2D eigenvalue weighted by Crippen LogP contribution is -2.29. The van der Waals surface area contributed by atoms with Gasteiger partial charge in [0.2, 0.25) is 5.91 Å². The van der Waals surface area contributed by atoms with Gasteiger partial charge in [0.05, 0.1) is 6.04 Å². The molecule has 0 aliphatic rings. The van der Waals surface area contributed by atoms with E-state index in [-0.39, 0.29) is 17.9 Å². The minimum atomic E-state index is -0.157. The monoisotopic (exact) mass is 296 g/mol. The Balaban J connectivity index is 2.18. The molecule has 1 atom stereocenters. The highest BCUT2D eigenvalue weighted by molar-refractivity contribution is 5.96. The molecule has 2 aromatic rings. The quantitative estimate of drug-likeness (QED) is 0.939. The maximum Gasteiger partial charge on any atom is 0.254 e. The van der Waals surface area contributed by atoms with Gasteiger partial charge in [0, 0.05) is 25.2 Å². The molecule has 1 unspecified atom stereocenters. The number of carbonyl (C=O) groups is 2. The second-order valence-corrected chi connectivity index (χ2v) is 5.26. The summed E-state index contributed by atoms with van der Waals surface area (Å²) in [6.07, 6.45) is 0. The van der Waals surface area contributed by atoms with Gasteiger partial charge in [-0.15, -0.1) is 0 Å². The van der Waals surface area contributed by atoms with Crippen LogP contribution in [0, 0.1) is 0 Å². The van der Waals surface area contributed by atoms with E-state index in [4.69, 9.17) is 0 Å². The molecule has 1 N–H and O–H groups in total. The van der Waals surface area contributed by atoms with Crippen LogP contribution >= 0.6 is 0 Å². The van der Waals surface area contributed by atoms with Crippen LogP contribution in [-0.4, -0.2) is 23.8 Å². The molecule has 0 heterocycles. The second kappa shape index (κ2) is 6.89. The van der Waals surface area contributed by atoms with Gasteiger partial charge in [0.1, 0.15) is 0 Å². The fourth-order valence-corrected chi connectivity index (χ4v) is 2.27. The predicted octanol–water partition coefficient (Wildman–Crippen LogP) is 3.48. The maximum atomic E-state index is 12.6. The SMILES string of the molecule is CC(=O)Nc1cccc(C(=O)N(C)C(C)c2ccccc2)c1. The minimum absolute atomic E-state index is 0.0295. The number of nitrogens with zero attached hydrogens (tertiary/aromatic N) is 1. The Kier molecular flexibility index (Phi) is 4.94. The summed E-state index contributed by atoms with van der Waals surface area (Å²) in [5, 5.41) is 2.69. The summed E-state index contributed by atoms with van der Waals surface area (Å²) in [6, 6.07) is 16.8. The number of amides is 2. The molecule has 2 amide bonds. The fourth-order valence-electron chi connectivity index (χ4n) is 2.27. The highest BCUT2D eigenvalue weighted by Crippen LogP contribution is 2.21.